The summed E-state index contributed by atoms with van der Waals surface area (Å²) in [4.78, 5) is 12.0. The summed E-state index contributed by atoms with van der Waals surface area (Å²) in [5, 5.41) is 2.49. The Hall–Kier alpha value is -2.00. The van der Waals surface area contributed by atoms with Gasteiger partial charge in [-0.25, -0.2) is 12.7 Å². The zero-order chi connectivity index (χ0) is 16.3. The quantitative estimate of drug-likeness (QED) is 0.740. The summed E-state index contributed by atoms with van der Waals surface area (Å²) >= 11 is 0. The number of carbonyl (C=O) groups is 1. The van der Waals surface area contributed by atoms with Crippen LogP contribution in [0.3, 0.4) is 0 Å². The first-order valence-electron chi connectivity index (χ1n) is 6.84. The molecule has 9 heteroatoms. The number of sulfonamides is 1. The zero-order valence-electron chi connectivity index (χ0n) is 12.5. The van der Waals surface area contributed by atoms with E-state index >= 15 is 0 Å². The first kappa shape index (κ1) is 16.4. The molecule has 1 aromatic rings. The molecule has 0 atom stereocenters. The molecule has 3 N–H and O–H groups in total. The molecule has 8 nitrogen and oxygen atoms in total. The Balaban J connectivity index is 2.10. The SMILES string of the molecule is CCN(CC)S(=O)(=O)CC(=O)Nc1cc2c(cc1N)OCO2. The number of rotatable bonds is 6. The van der Waals surface area contributed by atoms with Crippen LogP contribution in [-0.2, 0) is 14.8 Å². The predicted molar refractivity (Wildman–Crippen MR) is 82.3 cm³/mol. The zero-order valence-corrected chi connectivity index (χ0v) is 13.3. The molecule has 0 bridgehead atoms. The molecule has 1 aromatic carbocycles. The van der Waals surface area contributed by atoms with Gasteiger partial charge in [0, 0.05) is 25.2 Å². The molecule has 1 aliphatic rings. The maximum absolute atomic E-state index is 12.1. The number of nitrogens with one attached hydrogen (secondary N) is 1. The van der Waals surface area contributed by atoms with Crippen molar-refractivity contribution in [2.45, 2.75) is 13.8 Å². The number of anilines is 2. The average molecular weight is 329 g/mol. The van der Waals surface area contributed by atoms with E-state index in [4.69, 9.17) is 15.2 Å². The largest absolute Gasteiger partial charge is 0.454 e. The highest BCUT2D eigenvalue weighted by Gasteiger charge is 2.24. The van der Waals surface area contributed by atoms with E-state index in [2.05, 4.69) is 5.32 Å². The molecule has 22 heavy (non-hydrogen) atoms. The molecule has 0 aromatic heterocycles. The molecule has 1 aliphatic heterocycles. The highest BCUT2D eigenvalue weighted by Crippen LogP contribution is 2.38. The van der Waals surface area contributed by atoms with E-state index in [0.29, 0.717) is 30.3 Å². The van der Waals surface area contributed by atoms with Crippen LogP contribution in [0.25, 0.3) is 0 Å². The molecule has 2 rings (SSSR count). The lowest BCUT2D eigenvalue weighted by atomic mass is 10.2. The Morgan fingerprint density at radius 2 is 1.86 bits per heavy atom. The second-order valence-corrected chi connectivity index (χ2v) is 6.65. The van der Waals surface area contributed by atoms with Gasteiger partial charge in [-0.15, -0.1) is 0 Å². The van der Waals surface area contributed by atoms with Gasteiger partial charge in [-0.05, 0) is 0 Å². The van der Waals surface area contributed by atoms with E-state index in [0.717, 1.165) is 0 Å². The number of nitrogens with zero attached hydrogens (tertiary/aromatic N) is 1. The number of nitrogens with two attached hydrogens (primary N) is 1. The fourth-order valence-electron chi connectivity index (χ4n) is 2.13. The average Bonchev–Trinajstić information content (AvgIpc) is 2.86. The monoisotopic (exact) mass is 329 g/mol. The molecule has 122 valence electrons. The molecular weight excluding hydrogens is 310 g/mol. The molecule has 0 saturated carbocycles. The topological polar surface area (TPSA) is 111 Å². The number of amides is 1. The third kappa shape index (κ3) is 3.42. The van der Waals surface area contributed by atoms with Crippen LogP contribution in [0.4, 0.5) is 11.4 Å². The van der Waals surface area contributed by atoms with Crippen LogP contribution in [0.1, 0.15) is 13.8 Å². The summed E-state index contributed by atoms with van der Waals surface area (Å²) in [5.74, 6) is -0.345. The van der Waals surface area contributed by atoms with E-state index in [1.165, 1.54) is 16.4 Å². The van der Waals surface area contributed by atoms with Crippen molar-refractivity contribution in [3.63, 3.8) is 0 Å². The van der Waals surface area contributed by atoms with Gasteiger partial charge in [-0.2, -0.15) is 0 Å². The first-order chi connectivity index (χ1) is 10.4. The third-order valence-electron chi connectivity index (χ3n) is 3.23. The molecule has 0 spiro atoms. The molecule has 1 heterocycles. The Bertz CT molecular complexity index is 670. The van der Waals surface area contributed by atoms with Gasteiger partial charge in [0.25, 0.3) is 0 Å². The normalized spacial score (nSPS) is 13.4. The highest BCUT2D eigenvalue weighted by molar-refractivity contribution is 7.89. The summed E-state index contributed by atoms with van der Waals surface area (Å²) < 4.78 is 35.7. The fraction of sp³-hybridized carbons (Fsp3) is 0.462. The fourth-order valence-corrected chi connectivity index (χ4v) is 3.50. The van der Waals surface area contributed by atoms with Crippen LogP contribution < -0.4 is 20.5 Å². The Morgan fingerprint density at radius 1 is 1.27 bits per heavy atom. The number of ether oxygens (including phenoxy) is 2. The molecule has 0 radical (unpaired) electrons. The van der Waals surface area contributed by atoms with Crippen molar-refractivity contribution >= 4 is 27.3 Å². The van der Waals surface area contributed by atoms with Crippen molar-refractivity contribution in [2.75, 3.05) is 36.7 Å². The van der Waals surface area contributed by atoms with Crippen LogP contribution in [0.15, 0.2) is 12.1 Å². The van der Waals surface area contributed by atoms with Crippen LogP contribution in [0.2, 0.25) is 0 Å². The lowest BCUT2D eigenvalue weighted by Crippen LogP contribution is -2.37. The molecule has 0 fully saturated rings. The maximum atomic E-state index is 12.1. The number of carbonyl (C=O) groups excluding carboxylic acids is 1. The summed E-state index contributed by atoms with van der Waals surface area (Å²) in [5.41, 5.74) is 6.38. The summed E-state index contributed by atoms with van der Waals surface area (Å²) in [7, 11) is -3.64. The minimum absolute atomic E-state index is 0.0858. The summed E-state index contributed by atoms with van der Waals surface area (Å²) in [6, 6.07) is 3.04. The standard InChI is InChI=1S/C13H19N3O5S/c1-3-16(4-2)22(18,19)7-13(17)15-10-6-12-11(5-9(10)14)20-8-21-12/h5-6H,3-4,7-8,14H2,1-2H3,(H,15,17). The molecule has 0 saturated heterocycles. The van der Waals surface area contributed by atoms with Gasteiger partial charge in [0.2, 0.25) is 22.7 Å². The Labute approximate surface area is 129 Å². The predicted octanol–water partition coefficient (Wildman–Crippen LogP) is 0.608. The lowest BCUT2D eigenvalue weighted by molar-refractivity contribution is -0.113. The van der Waals surface area contributed by atoms with Gasteiger partial charge in [-0.3, -0.25) is 4.79 Å². The van der Waals surface area contributed by atoms with Crippen molar-refractivity contribution in [3.05, 3.63) is 12.1 Å². The number of hydrogen-bond acceptors (Lipinski definition) is 6. The van der Waals surface area contributed by atoms with Gasteiger partial charge in [0.1, 0.15) is 5.75 Å². The second kappa shape index (κ2) is 6.41. The van der Waals surface area contributed by atoms with Crippen LogP contribution in [-0.4, -0.2) is 44.3 Å². The van der Waals surface area contributed by atoms with Gasteiger partial charge in [0.05, 0.1) is 11.4 Å². The molecular formula is C13H19N3O5S. The Morgan fingerprint density at radius 3 is 2.45 bits per heavy atom. The number of benzene rings is 1. The molecule has 1 amide bonds. The van der Waals surface area contributed by atoms with E-state index < -0.39 is 21.7 Å². The first-order valence-corrected chi connectivity index (χ1v) is 8.45. The summed E-state index contributed by atoms with van der Waals surface area (Å²) in [6.07, 6.45) is 0. The minimum atomic E-state index is -3.64. The van der Waals surface area contributed by atoms with Crippen molar-refractivity contribution in [2.24, 2.45) is 0 Å². The van der Waals surface area contributed by atoms with Gasteiger partial charge >= 0.3 is 0 Å². The smallest absolute Gasteiger partial charge is 0.241 e. The lowest BCUT2D eigenvalue weighted by Gasteiger charge is -2.18. The van der Waals surface area contributed by atoms with Crippen LogP contribution >= 0.6 is 0 Å². The van der Waals surface area contributed by atoms with Gasteiger partial charge in [-0.1, -0.05) is 13.8 Å². The van der Waals surface area contributed by atoms with Crippen molar-refractivity contribution < 1.29 is 22.7 Å². The minimum Gasteiger partial charge on any atom is -0.454 e. The maximum Gasteiger partial charge on any atom is 0.241 e. The van der Waals surface area contributed by atoms with E-state index in [1.807, 2.05) is 0 Å². The Kier molecular flexibility index (Phi) is 4.77. The van der Waals surface area contributed by atoms with Crippen molar-refractivity contribution in [3.8, 4) is 11.5 Å². The van der Waals surface area contributed by atoms with Crippen LogP contribution in [0.5, 0.6) is 11.5 Å². The summed E-state index contributed by atoms with van der Waals surface area (Å²) in [6.45, 7) is 4.16. The highest BCUT2D eigenvalue weighted by atomic mass is 32.2. The third-order valence-corrected chi connectivity index (χ3v) is 5.16. The van der Waals surface area contributed by atoms with Crippen molar-refractivity contribution in [1.29, 1.82) is 0 Å². The number of fused-ring (bicyclic) bond motifs is 1. The van der Waals surface area contributed by atoms with Gasteiger partial charge in [0.15, 0.2) is 11.5 Å². The number of hydrogen-bond donors (Lipinski definition) is 2. The van der Waals surface area contributed by atoms with E-state index in [9.17, 15) is 13.2 Å². The van der Waals surface area contributed by atoms with E-state index in [1.54, 1.807) is 13.8 Å². The van der Waals surface area contributed by atoms with Gasteiger partial charge < -0.3 is 20.5 Å². The van der Waals surface area contributed by atoms with Crippen molar-refractivity contribution in [1.82, 2.24) is 4.31 Å². The molecule has 0 aliphatic carbocycles. The van der Waals surface area contributed by atoms with Crippen LogP contribution in [0, 0.1) is 0 Å². The van der Waals surface area contributed by atoms with E-state index in [-0.39, 0.29) is 12.5 Å². The second-order valence-electron chi connectivity index (χ2n) is 4.68. The number of nitrogen functional groups attached to an aromatic ring is 1. The molecule has 0 unspecified atom stereocenters.